The third-order valence-corrected chi connectivity index (χ3v) is 10.5. The molecule has 9 atom stereocenters. The summed E-state index contributed by atoms with van der Waals surface area (Å²) in [5.74, 6) is 8.38. The molecule has 4 saturated carbocycles. The maximum atomic E-state index is 4.65. The van der Waals surface area contributed by atoms with E-state index in [1.807, 2.05) is 0 Å². The van der Waals surface area contributed by atoms with Crippen LogP contribution in [0.1, 0.15) is 97.5 Å². The number of nitrogens with zero attached hydrogens (tertiary/aromatic N) is 2. The highest BCUT2D eigenvalue weighted by Crippen LogP contribution is 2.67. The van der Waals surface area contributed by atoms with Gasteiger partial charge in [-0.05, 0) is 96.8 Å². The van der Waals surface area contributed by atoms with Crippen LogP contribution in [-0.2, 0) is 6.44 Å². The highest BCUT2D eigenvalue weighted by molar-refractivity contribution is 6.36. The average Bonchev–Trinajstić information content (AvgIpc) is 3.28. The predicted molar refractivity (Wildman–Crippen MR) is 127 cm³/mol. The first-order chi connectivity index (χ1) is 14.4. The van der Waals surface area contributed by atoms with Gasteiger partial charge in [-0.15, -0.1) is 0 Å². The minimum absolute atomic E-state index is 0.531. The Hall–Kier alpha value is -0.725. The van der Waals surface area contributed by atoms with Gasteiger partial charge in [-0.1, -0.05) is 53.3 Å². The van der Waals surface area contributed by atoms with Crippen LogP contribution in [0.5, 0.6) is 0 Å². The Morgan fingerprint density at radius 2 is 1.87 bits per heavy atom. The lowest BCUT2D eigenvalue weighted by Gasteiger charge is -2.57. The number of aromatic nitrogens is 2. The molecule has 4 fully saturated rings. The molecule has 0 N–H and O–H groups in total. The van der Waals surface area contributed by atoms with Crippen LogP contribution in [0, 0.1) is 46.8 Å². The molecule has 5 rings (SSSR count). The molecule has 2 nitrogen and oxygen atoms in total. The van der Waals surface area contributed by atoms with Gasteiger partial charge in [0.2, 0.25) is 0 Å². The second kappa shape index (κ2) is 8.00. The van der Waals surface area contributed by atoms with Gasteiger partial charge in [0.25, 0.3) is 0 Å². The maximum absolute atomic E-state index is 4.65. The lowest BCUT2D eigenvalue weighted by atomic mass is 9.45. The molecule has 4 aliphatic rings. The lowest BCUT2D eigenvalue weighted by molar-refractivity contribution is -0.0657. The Kier molecular flexibility index (Phi) is 5.64. The van der Waals surface area contributed by atoms with Crippen LogP contribution in [0.25, 0.3) is 0 Å². The van der Waals surface area contributed by atoms with E-state index in [4.69, 9.17) is 0 Å². The summed E-state index contributed by atoms with van der Waals surface area (Å²) < 4.78 is 2.18. The van der Waals surface area contributed by atoms with Gasteiger partial charge in [0, 0.05) is 12.6 Å². The van der Waals surface area contributed by atoms with Crippen molar-refractivity contribution in [2.24, 2.45) is 46.8 Å². The predicted octanol–water partition coefficient (Wildman–Crippen LogP) is 6.99. The summed E-state index contributed by atoms with van der Waals surface area (Å²) in [5.41, 5.74) is 1.90. The molecule has 165 valence electrons. The molecule has 0 aliphatic heterocycles. The molecule has 0 amide bonds. The molecular formula is C27H44BN2. The van der Waals surface area contributed by atoms with E-state index in [-0.39, 0.29) is 0 Å². The van der Waals surface area contributed by atoms with E-state index in [2.05, 4.69) is 64.1 Å². The summed E-state index contributed by atoms with van der Waals surface area (Å²) in [4.78, 5) is 0. The maximum Gasteiger partial charge on any atom is 0.143 e. The van der Waals surface area contributed by atoms with E-state index >= 15 is 0 Å². The molecule has 4 aliphatic carbocycles. The standard InChI is InChI=1S/C27H44BN2/c1-17(2)21-14-29-30(15-21)16-28-25-13-19(4)26-24-9-7-20-12-18(3)6-8-22(20)23(24)10-11-27(25,26)5/h14-15,17-20,22-26H,6-13,16H2,1-5H3. The lowest BCUT2D eigenvalue weighted by Crippen LogP contribution is -2.49. The molecule has 0 saturated heterocycles. The molecule has 30 heavy (non-hydrogen) atoms. The van der Waals surface area contributed by atoms with Gasteiger partial charge in [-0.3, -0.25) is 4.68 Å². The molecule has 0 spiro atoms. The quantitative estimate of drug-likeness (QED) is 0.492. The van der Waals surface area contributed by atoms with Crippen LogP contribution in [0.4, 0.5) is 0 Å². The van der Waals surface area contributed by atoms with Gasteiger partial charge >= 0.3 is 0 Å². The van der Waals surface area contributed by atoms with Crippen molar-refractivity contribution < 1.29 is 0 Å². The highest BCUT2D eigenvalue weighted by Gasteiger charge is 2.58. The Morgan fingerprint density at radius 1 is 1.07 bits per heavy atom. The van der Waals surface area contributed by atoms with E-state index in [9.17, 15) is 0 Å². The van der Waals surface area contributed by atoms with Crippen molar-refractivity contribution >= 4 is 7.28 Å². The van der Waals surface area contributed by atoms with E-state index in [0.29, 0.717) is 11.3 Å². The fraction of sp³-hybridized carbons (Fsp3) is 0.889. The van der Waals surface area contributed by atoms with Gasteiger partial charge in [0.15, 0.2) is 0 Å². The molecular weight excluding hydrogens is 363 g/mol. The minimum atomic E-state index is 0.531. The zero-order chi connectivity index (χ0) is 21.0. The van der Waals surface area contributed by atoms with Crippen LogP contribution in [0.15, 0.2) is 12.4 Å². The number of rotatable bonds is 4. The molecule has 1 aromatic rings. The number of fused-ring (bicyclic) bond motifs is 5. The van der Waals surface area contributed by atoms with Crippen LogP contribution >= 0.6 is 0 Å². The zero-order valence-electron chi connectivity index (χ0n) is 20.2. The van der Waals surface area contributed by atoms with E-state index in [1.165, 1.54) is 56.9 Å². The third-order valence-electron chi connectivity index (χ3n) is 10.5. The Labute approximate surface area is 186 Å². The summed E-state index contributed by atoms with van der Waals surface area (Å²) in [6, 6.07) is 0. The minimum Gasteiger partial charge on any atom is -0.281 e. The van der Waals surface area contributed by atoms with Crippen LogP contribution in [0.2, 0.25) is 5.82 Å². The van der Waals surface area contributed by atoms with Crippen molar-refractivity contribution in [2.75, 3.05) is 0 Å². The molecule has 9 unspecified atom stereocenters. The van der Waals surface area contributed by atoms with E-state index in [0.717, 1.165) is 53.7 Å². The first kappa shape index (κ1) is 21.1. The highest BCUT2D eigenvalue weighted by atomic mass is 15.3. The molecule has 1 radical (unpaired) electrons. The summed E-state index contributed by atoms with van der Waals surface area (Å²) in [6.07, 6.45) is 17.4. The first-order valence-corrected chi connectivity index (χ1v) is 13.2. The Balaban J connectivity index is 1.29. The fourth-order valence-electron chi connectivity index (χ4n) is 9.06. The second-order valence-corrected chi connectivity index (χ2v) is 12.5. The van der Waals surface area contributed by atoms with Crippen molar-refractivity contribution in [3.63, 3.8) is 0 Å². The Bertz CT molecular complexity index is 741. The van der Waals surface area contributed by atoms with Crippen molar-refractivity contribution in [2.45, 2.75) is 104 Å². The number of hydrogen-bond donors (Lipinski definition) is 0. The van der Waals surface area contributed by atoms with Crippen LogP contribution < -0.4 is 0 Å². The van der Waals surface area contributed by atoms with Crippen molar-refractivity contribution in [3.8, 4) is 0 Å². The van der Waals surface area contributed by atoms with Crippen molar-refractivity contribution in [3.05, 3.63) is 18.0 Å². The van der Waals surface area contributed by atoms with E-state index < -0.39 is 0 Å². The average molecular weight is 407 g/mol. The SMILES string of the molecule is CC1CCC2C(CCC3C2CCC2(C)C([B]Cn4cc(C(C)C)cn4)CC(C)C32)C1. The Morgan fingerprint density at radius 3 is 2.63 bits per heavy atom. The van der Waals surface area contributed by atoms with E-state index in [1.54, 1.807) is 0 Å². The summed E-state index contributed by atoms with van der Waals surface area (Å²) in [7, 11) is 2.65. The smallest absolute Gasteiger partial charge is 0.143 e. The van der Waals surface area contributed by atoms with Crippen LogP contribution in [-0.4, -0.2) is 17.1 Å². The van der Waals surface area contributed by atoms with Crippen molar-refractivity contribution in [1.29, 1.82) is 0 Å². The molecule has 3 heteroatoms. The zero-order valence-corrected chi connectivity index (χ0v) is 20.2. The molecule has 1 aromatic heterocycles. The summed E-state index contributed by atoms with van der Waals surface area (Å²) >= 11 is 0. The monoisotopic (exact) mass is 407 g/mol. The normalized spacial score (nSPS) is 45.7. The fourth-order valence-corrected chi connectivity index (χ4v) is 9.06. The van der Waals surface area contributed by atoms with Gasteiger partial charge < -0.3 is 0 Å². The largest absolute Gasteiger partial charge is 0.281 e. The second-order valence-electron chi connectivity index (χ2n) is 12.5. The van der Waals surface area contributed by atoms with Gasteiger partial charge in [0.1, 0.15) is 7.28 Å². The third kappa shape index (κ3) is 3.51. The van der Waals surface area contributed by atoms with Crippen LogP contribution in [0.3, 0.4) is 0 Å². The molecule has 1 heterocycles. The molecule has 0 aromatic carbocycles. The first-order valence-electron chi connectivity index (χ1n) is 13.2. The summed E-state index contributed by atoms with van der Waals surface area (Å²) in [5, 5.41) is 4.65. The van der Waals surface area contributed by atoms with Crippen molar-refractivity contribution in [1.82, 2.24) is 9.78 Å². The number of hydrogen-bond acceptors (Lipinski definition) is 1. The van der Waals surface area contributed by atoms with Gasteiger partial charge in [-0.25, -0.2) is 0 Å². The van der Waals surface area contributed by atoms with Gasteiger partial charge in [-0.2, -0.15) is 5.10 Å². The topological polar surface area (TPSA) is 17.8 Å². The molecule has 0 bridgehead atoms. The summed E-state index contributed by atoms with van der Waals surface area (Å²) in [6.45, 7) is 12.3. The van der Waals surface area contributed by atoms with Gasteiger partial charge in [0.05, 0.1) is 6.20 Å².